The molecule has 0 bridgehead atoms. The summed E-state index contributed by atoms with van der Waals surface area (Å²) < 4.78 is 10.2. The number of carbonyl (C=O) groups excluding carboxylic acids is 2. The average Bonchev–Trinajstić information content (AvgIpc) is 2.55. The zero-order valence-corrected chi connectivity index (χ0v) is 12.2. The molecule has 1 saturated heterocycles. The van der Waals surface area contributed by atoms with Crippen molar-refractivity contribution in [2.75, 3.05) is 39.9 Å². The third kappa shape index (κ3) is 4.37. The van der Waals surface area contributed by atoms with Gasteiger partial charge in [-0.15, -0.1) is 0 Å². The van der Waals surface area contributed by atoms with Crippen LogP contribution in [-0.2, 0) is 9.53 Å². The quantitative estimate of drug-likeness (QED) is 0.841. The molecular weight excluding hydrogens is 272 g/mol. The van der Waals surface area contributed by atoms with Crippen molar-refractivity contribution in [3.63, 3.8) is 0 Å². The van der Waals surface area contributed by atoms with Crippen LogP contribution in [0.25, 0.3) is 0 Å². The molecule has 1 aliphatic rings. The highest BCUT2D eigenvalue weighted by atomic mass is 16.5. The maximum Gasteiger partial charge on any atom is 0.409 e. The number of hydrogen-bond acceptors (Lipinski definition) is 4. The lowest BCUT2D eigenvalue weighted by atomic mass is 10.3. The lowest BCUT2D eigenvalue weighted by Gasteiger charge is -2.33. The lowest BCUT2D eigenvalue weighted by molar-refractivity contribution is -0.133. The fourth-order valence-electron chi connectivity index (χ4n) is 2.20. The average molecular weight is 292 g/mol. The molecule has 1 aliphatic heterocycles. The van der Waals surface area contributed by atoms with Crippen molar-refractivity contribution in [2.24, 2.45) is 0 Å². The van der Waals surface area contributed by atoms with E-state index in [1.54, 1.807) is 9.80 Å². The van der Waals surface area contributed by atoms with E-state index in [0.717, 1.165) is 5.75 Å². The third-order valence-corrected chi connectivity index (χ3v) is 3.39. The van der Waals surface area contributed by atoms with Gasteiger partial charge >= 0.3 is 6.09 Å². The van der Waals surface area contributed by atoms with Gasteiger partial charge in [-0.2, -0.15) is 0 Å². The second kappa shape index (κ2) is 7.52. The van der Waals surface area contributed by atoms with E-state index in [1.165, 1.54) is 7.11 Å². The minimum absolute atomic E-state index is 0.0513. The fraction of sp³-hybridized carbons (Fsp3) is 0.467. The number of ether oxygens (including phenoxy) is 2. The predicted octanol–water partition coefficient (Wildman–Crippen LogP) is 1.37. The van der Waals surface area contributed by atoms with E-state index >= 15 is 0 Å². The van der Waals surface area contributed by atoms with E-state index < -0.39 is 0 Å². The van der Waals surface area contributed by atoms with Gasteiger partial charge in [-0.3, -0.25) is 4.79 Å². The molecule has 0 aromatic heterocycles. The minimum Gasteiger partial charge on any atom is -0.493 e. The van der Waals surface area contributed by atoms with Crippen LogP contribution in [-0.4, -0.2) is 61.7 Å². The van der Waals surface area contributed by atoms with Crippen LogP contribution in [0.5, 0.6) is 5.75 Å². The van der Waals surface area contributed by atoms with Crippen LogP contribution in [0.3, 0.4) is 0 Å². The van der Waals surface area contributed by atoms with Crippen molar-refractivity contribution in [2.45, 2.75) is 6.42 Å². The molecule has 1 aromatic rings. The van der Waals surface area contributed by atoms with Gasteiger partial charge in [0.25, 0.3) is 0 Å². The fourth-order valence-corrected chi connectivity index (χ4v) is 2.20. The van der Waals surface area contributed by atoms with Gasteiger partial charge < -0.3 is 19.3 Å². The molecular formula is C15H20N2O4. The monoisotopic (exact) mass is 292 g/mol. The molecule has 6 heteroatoms. The van der Waals surface area contributed by atoms with Crippen LogP contribution < -0.4 is 4.74 Å². The number of methoxy groups -OCH3 is 1. The van der Waals surface area contributed by atoms with E-state index in [0.29, 0.717) is 39.2 Å². The van der Waals surface area contributed by atoms with E-state index in [4.69, 9.17) is 4.74 Å². The lowest BCUT2D eigenvalue weighted by Crippen LogP contribution is -2.50. The second-order valence-electron chi connectivity index (χ2n) is 4.75. The highest BCUT2D eigenvalue weighted by molar-refractivity contribution is 5.77. The highest BCUT2D eigenvalue weighted by Gasteiger charge is 2.24. The topological polar surface area (TPSA) is 59.1 Å². The maximum atomic E-state index is 12.0. The number of rotatable bonds is 4. The van der Waals surface area contributed by atoms with Crippen LogP contribution in [0.15, 0.2) is 30.3 Å². The molecule has 2 rings (SSSR count). The van der Waals surface area contributed by atoms with Crippen LogP contribution in [0.2, 0.25) is 0 Å². The van der Waals surface area contributed by atoms with Gasteiger partial charge in [0.2, 0.25) is 5.91 Å². The van der Waals surface area contributed by atoms with Gasteiger partial charge in [0, 0.05) is 26.2 Å². The summed E-state index contributed by atoms with van der Waals surface area (Å²) in [7, 11) is 1.36. The molecule has 0 N–H and O–H groups in total. The van der Waals surface area contributed by atoms with Crippen LogP contribution in [0.4, 0.5) is 4.79 Å². The molecule has 1 fully saturated rings. The first-order valence-electron chi connectivity index (χ1n) is 6.99. The van der Waals surface area contributed by atoms with E-state index in [9.17, 15) is 9.59 Å². The molecule has 0 spiro atoms. The van der Waals surface area contributed by atoms with E-state index in [2.05, 4.69) is 4.74 Å². The summed E-state index contributed by atoms with van der Waals surface area (Å²) in [6.07, 6.45) is 0.00198. The molecule has 1 heterocycles. The first-order valence-corrected chi connectivity index (χ1v) is 6.99. The second-order valence-corrected chi connectivity index (χ2v) is 4.75. The van der Waals surface area contributed by atoms with Crippen LogP contribution in [0, 0.1) is 0 Å². The van der Waals surface area contributed by atoms with Crippen molar-refractivity contribution in [1.29, 1.82) is 0 Å². The zero-order chi connectivity index (χ0) is 15.1. The third-order valence-electron chi connectivity index (χ3n) is 3.39. The standard InChI is InChI=1S/C15H20N2O4/c1-20-15(19)17-10-8-16(9-11-17)14(18)7-12-21-13-5-3-2-4-6-13/h2-6H,7-12H2,1H3. The Morgan fingerprint density at radius 1 is 1.05 bits per heavy atom. The molecule has 0 saturated carbocycles. The van der Waals surface area contributed by atoms with Gasteiger partial charge in [-0.05, 0) is 12.1 Å². The minimum atomic E-state index is -0.338. The zero-order valence-electron chi connectivity index (χ0n) is 12.2. The molecule has 21 heavy (non-hydrogen) atoms. The first kappa shape index (κ1) is 15.2. The molecule has 0 radical (unpaired) electrons. The van der Waals surface area contributed by atoms with Crippen LogP contribution >= 0.6 is 0 Å². The van der Waals surface area contributed by atoms with E-state index in [1.807, 2.05) is 30.3 Å². The summed E-state index contributed by atoms with van der Waals surface area (Å²) >= 11 is 0. The Labute approximate surface area is 124 Å². The number of amides is 2. The summed E-state index contributed by atoms with van der Waals surface area (Å²) in [5, 5.41) is 0. The van der Waals surface area contributed by atoms with Crippen molar-refractivity contribution >= 4 is 12.0 Å². The Hall–Kier alpha value is -2.24. The Morgan fingerprint density at radius 2 is 1.67 bits per heavy atom. The molecule has 114 valence electrons. The number of benzene rings is 1. The maximum absolute atomic E-state index is 12.0. The first-order chi connectivity index (χ1) is 10.2. The SMILES string of the molecule is COC(=O)N1CCN(C(=O)CCOc2ccccc2)CC1. The molecule has 1 aromatic carbocycles. The summed E-state index contributed by atoms with van der Waals surface area (Å²) in [6.45, 7) is 2.47. The van der Waals surface area contributed by atoms with Crippen molar-refractivity contribution in [3.8, 4) is 5.75 Å². The molecule has 6 nitrogen and oxygen atoms in total. The Bertz CT molecular complexity index is 470. The smallest absolute Gasteiger partial charge is 0.409 e. The van der Waals surface area contributed by atoms with Gasteiger partial charge in [-0.25, -0.2) is 4.79 Å². The summed E-state index contributed by atoms with van der Waals surface area (Å²) in [5.41, 5.74) is 0. The normalized spacial score (nSPS) is 14.7. The number of piperazine rings is 1. The van der Waals surface area contributed by atoms with Crippen molar-refractivity contribution < 1.29 is 19.1 Å². The van der Waals surface area contributed by atoms with E-state index in [-0.39, 0.29) is 12.0 Å². The number of nitrogens with zero attached hydrogens (tertiary/aromatic N) is 2. The largest absolute Gasteiger partial charge is 0.493 e. The summed E-state index contributed by atoms with van der Waals surface area (Å²) in [5.74, 6) is 0.816. The van der Waals surface area contributed by atoms with Gasteiger partial charge in [-0.1, -0.05) is 18.2 Å². The Morgan fingerprint density at radius 3 is 2.29 bits per heavy atom. The number of hydrogen-bond donors (Lipinski definition) is 0. The van der Waals surface area contributed by atoms with Crippen LogP contribution in [0.1, 0.15) is 6.42 Å². The summed E-state index contributed by atoms with van der Waals surface area (Å²) in [6, 6.07) is 9.42. The molecule has 0 unspecified atom stereocenters. The number of para-hydroxylation sites is 1. The molecule has 0 aliphatic carbocycles. The predicted molar refractivity (Wildman–Crippen MR) is 77.1 cm³/mol. The summed E-state index contributed by atoms with van der Waals surface area (Å²) in [4.78, 5) is 26.8. The van der Waals surface area contributed by atoms with Crippen molar-refractivity contribution in [3.05, 3.63) is 30.3 Å². The highest BCUT2D eigenvalue weighted by Crippen LogP contribution is 2.10. The number of carbonyl (C=O) groups is 2. The Balaban J connectivity index is 1.69. The van der Waals surface area contributed by atoms with Crippen molar-refractivity contribution in [1.82, 2.24) is 9.80 Å². The van der Waals surface area contributed by atoms with Gasteiger partial charge in [0.1, 0.15) is 5.75 Å². The van der Waals surface area contributed by atoms with Gasteiger partial charge in [0.05, 0.1) is 20.1 Å². The molecule has 2 amide bonds. The van der Waals surface area contributed by atoms with Gasteiger partial charge in [0.15, 0.2) is 0 Å². The molecule has 0 atom stereocenters. The Kier molecular flexibility index (Phi) is 5.43.